The van der Waals surface area contributed by atoms with Crippen molar-refractivity contribution in [1.82, 2.24) is 10.2 Å². The Labute approximate surface area is 243 Å². The number of hydrogen-bond acceptors (Lipinski definition) is 4. The molecule has 1 N–H and O–H groups in total. The zero-order chi connectivity index (χ0) is 29.7. The number of nitrogens with one attached hydrogen (secondary N) is 1. The lowest BCUT2D eigenvalue weighted by Crippen LogP contribution is -2.55. The monoisotopic (exact) mass is 583 g/mol. The molecule has 9 heteroatoms. The maximum absolute atomic E-state index is 14.1. The van der Waals surface area contributed by atoms with E-state index in [1.54, 1.807) is 18.2 Å². The third-order valence-electron chi connectivity index (χ3n) is 6.29. The summed E-state index contributed by atoms with van der Waals surface area (Å²) < 4.78 is 28.9. The van der Waals surface area contributed by atoms with Gasteiger partial charge < -0.3 is 10.2 Å². The van der Waals surface area contributed by atoms with Gasteiger partial charge in [0.05, 0.1) is 10.6 Å². The van der Waals surface area contributed by atoms with Gasteiger partial charge in [0.1, 0.15) is 12.6 Å². The van der Waals surface area contributed by atoms with Crippen molar-refractivity contribution in [3.05, 3.63) is 94.5 Å². The van der Waals surface area contributed by atoms with E-state index in [1.165, 1.54) is 29.2 Å². The minimum atomic E-state index is -4.15. The molecule has 3 rings (SSSR count). The number of sulfonamides is 1. The molecule has 0 fully saturated rings. The summed E-state index contributed by atoms with van der Waals surface area (Å²) in [5.74, 6) is -0.782. The molecule has 0 bridgehead atoms. The highest BCUT2D eigenvalue weighted by Crippen LogP contribution is 2.26. The second kappa shape index (κ2) is 12.9. The summed E-state index contributed by atoms with van der Waals surface area (Å²) in [5.41, 5.74) is 2.55. The molecule has 0 heterocycles. The molecule has 214 valence electrons. The van der Waals surface area contributed by atoms with Crippen LogP contribution in [0.5, 0.6) is 0 Å². The Morgan fingerprint density at radius 2 is 1.52 bits per heavy atom. The van der Waals surface area contributed by atoms with Crippen molar-refractivity contribution in [2.24, 2.45) is 0 Å². The molecule has 0 radical (unpaired) electrons. The van der Waals surface area contributed by atoms with Crippen LogP contribution in [0.4, 0.5) is 5.69 Å². The second-order valence-electron chi connectivity index (χ2n) is 11.0. The zero-order valence-electron chi connectivity index (χ0n) is 23.9. The smallest absolute Gasteiger partial charge is 0.264 e. The van der Waals surface area contributed by atoms with Gasteiger partial charge in [-0.1, -0.05) is 60.5 Å². The van der Waals surface area contributed by atoms with E-state index < -0.39 is 34.1 Å². The van der Waals surface area contributed by atoms with Gasteiger partial charge in [0.15, 0.2) is 0 Å². The Kier molecular flexibility index (Phi) is 10.0. The number of carbonyl (C=O) groups is 2. The molecule has 40 heavy (non-hydrogen) atoms. The van der Waals surface area contributed by atoms with Crippen LogP contribution in [0, 0.1) is 13.8 Å². The summed E-state index contributed by atoms with van der Waals surface area (Å²) >= 11 is 6.01. The molecule has 0 aliphatic rings. The average molecular weight is 584 g/mol. The van der Waals surface area contributed by atoms with Crippen molar-refractivity contribution in [1.29, 1.82) is 0 Å². The van der Waals surface area contributed by atoms with Gasteiger partial charge in [0, 0.05) is 17.1 Å². The molecule has 0 spiro atoms. The van der Waals surface area contributed by atoms with E-state index in [9.17, 15) is 18.0 Å². The van der Waals surface area contributed by atoms with Crippen LogP contribution in [-0.4, -0.2) is 43.3 Å². The molecule has 0 saturated carbocycles. The Balaban J connectivity index is 2.08. The van der Waals surface area contributed by atoms with Crippen LogP contribution >= 0.6 is 11.6 Å². The number of hydrogen-bond donors (Lipinski definition) is 1. The number of nitrogens with zero attached hydrogens (tertiary/aromatic N) is 2. The van der Waals surface area contributed by atoms with Crippen molar-refractivity contribution in [2.45, 2.75) is 71.0 Å². The Morgan fingerprint density at radius 3 is 2.08 bits per heavy atom. The molecule has 0 saturated heterocycles. The van der Waals surface area contributed by atoms with Crippen LogP contribution in [-0.2, 0) is 26.2 Å². The lowest BCUT2D eigenvalue weighted by molar-refractivity contribution is -0.141. The molecule has 2 amide bonds. The first kappa shape index (κ1) is 31.2. The number of benzene rings is 3. The van der Waals surface area contributed by atoms with E-state index in [-0.39, 0.29) is 17.3 Å². The van der Waals surface area contributed by atoms with Gasteiger partial charge in [0.25, 0.3) is 10.0 Å². The minimum absolute atomic E-state index is 0.00829. The van der Waals surface area contributed by atoms with E-state index in [0.717, 1.165) is 21.0 Å². The Bertz CT molecular complexity index is 1450. The van der Waals surface area contributed by atoms with Crippen molar-refractivity contribution in [2.75, 3.05) is 10.8 Å². The summed E-state index contributed by atoms with van der Waals surface area (Å²) in [5, 5.41) is 3.38. The van der Waals surface area contributed by atoms with Crippen LogP contribution in [0.3, 0.4) is 0 Å². The van der Waals surface area contributed by atoms with Crippen LogP contribution in [0.25, 0.3) is 0 Å². The van der Waals surface area contributed by atoms with Crippen LogP contribution in [0.2, 0.25) is 5.02 Å². The summed E-state index contributed by atoms with van der Waals surface area (Å²) in [6, 6.07) is 19.7. The third kappa shape index (κ3) is 8.08. The molecular formula is C31H38ClN3O4S. The van der Waals surface area contributed by atoms with Crippen LogP contribution < -0.4 is 9.62 Å². The maximum Gasteiger partial charge on any atom is 0.264 e. The van der Waals surface area contributed by atoms with E-state index in [4.69, 9.17) is 11.6 Å². The molecule has 7 nitrogen and oxygen atoms in total. The van der Waals surface area contributed by atoms with Crippen LogP contribution in [0.1, 0.15) is 50.8 Å². The lowest BCUT2D eigenvalue weighted by Gasteiger charge is -2.35. The molecule has 0 aliphatic carbocycles. The normalized spacial score (nSPS) is 12.5. The van der Waals surface area contributed by atoms with Gasteiger partial charge >= 0.3 is 0 Å². The van der Waals surface area contributed by atoms with Crippen LogP contribution in [0.15, 0.2) is 77.7 Å². The topological polar surface area (TPSA) is 86.8 Å². The summed E-state index contributed by atoms with van der Waals surface area (Å²) in [7, 11) is -4.15. The van der Waals surface area contributed by atoms with Crippen molar-refractivity contribution in [3.8, 4) is 0 Å². The predicted molar refractivity (Wildman–Crippen MR) is 161 cm³/mol. The Morgan fingerprint density at radius 1 is 0.925 bits per heavy atom. The SMILES string of the molecule is CC[C@@H](C(=O)NC(C)(C)C)N(Cc1cccc(C)c1)C(=O)CN(c1cccc(C)c1)S(=O)(=O)c1ccc(Cl)cc1. The molecule has 3 aromatic rings. The van der Waals surface area contributed by atoms with E-state index in [0.29, 0.717) is 17.1 Å². The molecule has 0 aromatic heterocycles. The van der Waals surface area contributed by atoms with Crippen molar-refractivity contribution >= 4 is 39.1 Å². The highest BCUT2D eigenvalue weighted by atomic mass is 35.5. The fraction of sp³-hybridized carbons (Fsp3) is 0.355. The van der Waals surface area contributed by atoms with E-state index >= 15 is 0 Å². The van der Waals surface area contributed by atoms with E-state index in [1.807, 2.05) is 71.9 Å². The number of rotatable bonds is 10. The van der Waals surface area contributed by atoms with E-state index in [2.05, 4.69) is 5.32 Å². The highest BCUT2D eigenvalue weighted by Gasteiger charge is 2.34. The van der Waals surface area contributed by atoms with Crippen molar-refractivity contribution in [3.63, 3.8) is 0 Å². The first-order chi connectivity index (χ1) is 18.7. The summed E-state index contributed by atoms with van der Waals surface area (Å²) in [6.45, 7) is 10.9. The zero-order valence-corrected chi connectivity index (χ0v) is 25.5. The maximum atomic E-state index is 14.1. The predicted octanol–water partition coefficient (Wildman–Crippen LogP) is 5.87. The fourth-order valence-electron chi connectivity index (χ4n) is 4.43. The lowest BCUT2D eigenvalue weighted by atomic mass is 10.0. The number of anilines is 1. The molecular weight excluding hydrogens is 546 g/mol. The fourth-order valence-corrected chi connectivity index (χ4v) is 5.96. The second-order valence-corrected chi connectivity index (χ2v) is 13.3. The average Bonchev–Trinajstić information content (AvgIpc) is 2.86. The highest BCUT2D eigenvalue weighted by molar-refractivity contribution is 7.92. The van der Waals surface area contributed by atoms with Gasteiger partial charge in [-0.3, -0.25) is 13.9 Å². The quantitative estimate of drug-likeness (QED) is 0.323. The van der Waals surface area contributed by atoms with Gasteiger partial charge in [-0.15, -0.1) is 0 Å². The standard InChI is InChI=1S/C31H38ClN3O4S/c1-7-28(30(37)33-31(4,5)6)34(20-24-12-8-10-22(2)18-24)29(36)21-35(26-13-9-11-23(3)19-26)40(38,39)27-16-14-25(32)15-17-27/h8-19,28H,7,20-21H2,1-6H3,(H,33,37)/t28-/m0/s1. The molecule has 0 aliphatic heterocycles. The first-order valence-corrected chi connectivity index (χ1v) is 15.0. The van der Waals surface area contributed by atoms with Gasteiger partial charge in [-0.2, -0.15) is 0 Å². The summed E-state index contributed by atoms with van der Waals surface area (Å²) in [4.78, 5) is 29.0. The molecule has 1 atom stereocenters. The molecule has 0 unspecified atom stereocenters. The van der Waals surface area contributed by atoms with Crippen molar-refractivity contribution < 1.29 is 18.0 Å². The largest absolute Gasteiger partial charge is 0.350 e. The minimum Gasteiger partial charge on any atom is -0.350 e. The Hall–Kier alpha value is -3.36. The number of halogens is 1. The number of amides is 2. The number of carbonyl (C=O) groups excluding carboxylic acids is 2. The first-order valence-electron chi connectivity index (χ1n) is 13.2. The van der Waals surface area contributed by atoms with Gasteiger partial charge in [-0.25, -0.2) is 8.42 Å². The molecule has 3 aromatic carbocycles. The summed E-state index contributed by atoms with van der Waals surface area (Å²) in [6.07, 6.45) is 0.355. The third-order valence-corrected chi connectivity index (χ3v) is 8.33. The van der Waals surface area contributed by atoms with Gasteiger partial charge in [0.2, 0.25) is 11.8 Å². The van der Waals surface area contributed by atoms with Gasteiger partial charge in [-0.05, 0) is 88.6 Å². The number of aryl methyl sites for hydroxylation is 2.